The van der Waals surface area contributed by atoms with Crippen molar-refractivity contribution in [3.8, 4) is 0 Å². The van der Waals surface area contributed by atoms with Gasteiger partial charge < -0.3 is 22.8 Å². The van der Waals surface area contributed by atoms with Crippen LogP contribution in [0.2, 0.25) is 0 Å². The number of halogens is 1. The molecule has 5 heteroatoms. The molecule has 1 aromatic carbocycles. The van der Waals surface area contributed by atoms with Gasteiger partial charge >= 0.3 is 0 Å². The van der Waals surface area contributed by atoms with E-state index in [0.29, 0.717) is 5.92 Å². The summed E-state index contributed by atoms with van der Waals surface area (Å²) in [5.74, 6) is 0.466. The van der Waals surface area contributed by atoms with Crippen LogP contribution in [-0.4, -0.2) is 17.7 Å². The monoisotopic (exact) mass is 393 g/mol. The van der Waals surface area contributed by atoms with Crippen LogP contribution < -0.4 is 17.7 Å². The second kappa shape index (κ2) is 10.1. The number of benzene rings is 1. The van der Waals surface area contributed by atoms with Crippen molar-refractivity contribution in [3.63, 3.8) is 0 Å². The van der Waals surface area contributed by atoms with Crippen LogP contribution in [0.3, 0.4) is 0 Å². The molecule has 3 rings (SSSR count). The Kier molecular flexibility index (Phi) is 8.13. The van der Waals surface area contributed by atoms with Crippen LogP contribution in [0.5, 0.6) is 0 Å². The van der Waals surface area contributed by atoms with E-state index in [1.54, 1.807) is 11.3 Å². The van der Waals surface area contributed by atoms with Gasteiger partial charge in [-0.2, -0.15) is 11.3 Å². The first-order valence-corrected chi connectivity index (χ1v) is 10.2. The first-order chi connectivity index (χ1) is 11.8. The molecule has 2 nitrogen and oxygen atoms in total. The molecule has 0 aliphatic heterocycles. The average Bonchev–Trinajstić information content (AvgIpc) is 3.32. The quantitative estimate of drug-likeness (QED) is 0.589. The molecule has 0 amide bonds. The predicted molar refractivity (Wildman–Crippen MR) is 103 cm³/mol. The zero-order valence-corrected chi connectivity index (χ0v) is 16.6. The molecule has 2 heterocycles. The molecule has 3 unspecified atom stereocenters. The molecule has 134 valence electrons. The van der Waals surface area contributed by atoms with Gasteiger partial charge in [0.15, 0.2) is 0 Å². The van der Waals surface area contributed by atoms with E-state index in [1.807, 2.05) is 41.7 Å². The minimum Gasteiger partial charge on any atom is -1.00 e. The van der Waals surface area contributed by atoms with E-state index in [4.69, 9.17) is 0 Å². The summed E-state index contributed by atoms with van der Waals surface area (Å²) in [6, 6.07) is 16.7. The Morgan fingerprint density at radius 1 is 1.00 bits per heavy atom. The van der Waals surface area contributed by atoms with Crippen LogP contribution in [0, 0.1) is 0 Å². The second-order valence-electron chi connectivity index (χ2n) is 6.15. The van der Waals surface area contributed by atoms with Crippen molar-refractivity contribution in [1.29, 1.82) is 0 Å². The highest BCUT2D eigenvalue weighted by atomic mass is 35.5. The summed E-state index contributed by atoms with van der Waals surface area (Å²) in [7, 11) is 0. The van der Waals surface area contributed by atoms with E-state index in [0.717, 1.165) is 18.5 Å². The topological polar surface area (TPSA) is 36.8 Å². The molecule has 0 spiro atoms. The van der Waals surface area contributed by atoms with Crippen molar-refractivity contribution in [1.82, 2.24) is 0 Å². The number of aliphatic hydroxyl groups excluding tert-OH is 1. The maximum atomic E-state index is 10.5. The molecule has 2 aromatic heterocycles. The summed E-state index contributed by atoms with van der Waals surface area (Å²) in [4.78, 5) is 1.43. The number of thiophene rings is 2. The molecule has 0 bridgehead atoms. The molecule has 0 aliphatic carbocycles. The third-order valence-electron chi connectivity index (χ3n) is 4.47. The maximum absolute atomic E-state index is 10.5. The van der Waals surface area contributed by atoms with Gasteiger partial charge in [-0.3, -0.25) is 0 Å². The lowest BCUT2D eigenvalue weighted by Crippen LogP contribution is -3.00. The molecule has 25 heavy (non-hydrogen) atoms. The van der Waals surface area contributed by atoms with Crippen molar-refractivity contribution >= 4 is 22.7 Å². The van der Waals surface area contributed by atoms with E-state index >= 15 is 0 Å². The summed E-state index contributed by atoms with van der Waals surface area (Å²) in [6.07, 6.45) is 0.663. The zero-order chi connectivity index (χ0) is 16.8. The molecule has 0 fully saturated rings. The lowest BCUT2D eigenvalue weighted by molar-refractivity contribution is -0.694. The Morgan fingerprint density at radius 2 is 1.80 bits per heavy atom. The molecule has 0 aliphatic rings. The zero-order valence-electron chi connectivity index (χ0n) is 14.2. The summed E-state index contributed by atoms with van der Waals surface area (Å²) in [6.45, 7) is 3.10. The third-order valence-corrected chi connectivity index (χ3v) is 6.15. The number of quaternary nitrogens is 1. The Labute approximate surface area is 164 Å². The fraction of sp³-hybridized carbons (Fsp3) is 0.300. The van der Waals surface area contributed by atoms with Crippen molar-refractivity contribution < 1.29 is 22.8 Å². The average molecular weight is 394 g/mol. The maximum Gasteiger partial charge on any atom is 0.130 e. The molecule has 3 atom stereocenters. The number of aliphatic hydroxyl groups is 1. The number of hydrogen-bond donors (Lipinski definition) is 2. The molecule has 0 radical (unpaired) electrons. The lowest BCUT2D eigenvalue weighted by Gasteiger charge is -2.19. The van der Waals surface area contributed by atoms with Crippen LogP contribution in [0.4, 0.5) is 0 Å². The van der Waals surface area contributed by atoms with Crippen LogP contribution >= 0.6 is 22.7 Å². The fourth-order valence-electron chi connectivity index (χ4n) is 3.04. The van der Waals surface area contributed by atoms with Gasteiger partial charge in [-0.25, -0.2) is 0 Å². The van der Waals surface area contributed by atoms with Crippen molar-refractivity contribution in [3.05, 3.63) is 80.7 Å². The van der Waals surface area contributed by atoms with Gasteiger partial charge in [-0.1, -0.05) is 36.4 Å². The summed E-state index contributed by atoms with van der Waals surface area (Å²) < 4.78 is 0. The first kappa shape index (κ1) is 20.1. The Bertz CT molecular complexity index is 666. The number of rotatable bonds is 8. The minimum absolute atomic E-state index is 0. The van der Waals surface area contributed by atoms with E-state index in [-0.39, 0.29) is 18.4 Å². The molecular weight excluding hydrogens is 370 g/mol. The van der Waals surface area contributed by atoms with Crippen molar-refractivity contribution in [2.24, 2.45) is 0 Å². The molecule has 0 saturated heterocycles. The van der Waals surface area contributed by atoms with Crippen LogP contribution in [0.15, 0.2) is 64.7 Å². The van der Waals surface area contributed by atoms with Gasteiger partial charge in [0.1, 0.15) is 12.1 Å². The van der Waals surface area contributed by atoms with Gasteiger partial charge in [0.05, 0.1) is 6.54 Å². The van der Waals surface area contributed by atoms with Gasteiger partial charge in [-0.05, 0) is 46.3 Å². The normalized spacial score (nSPS) is 14.5. The van der Waals surface area contributed by atoms with Gasteiger partial charge in [0.25, 0.3) is 0 Å². The molecule has 0 saturated carbocycles. The van der Waals surface area contributed by atoms with Gasteiger partial charge in [0, 0.05) is 17.2 Å². The van der Waals surface area contributed by atoms with E-state index in [9.17, 15) is 5.11 Å². The fourth-order valence-corrected chi connectivity index (χ4v) is 4.65. The molecule has 3 aromatic rings. The number of nitrogens with two attached hydrogens (primary N) is 1. The third kappa shape index (κ3) is 5.40. The Hall–Kier alpha value is -1.17. The predicted octanol–water partition coefficient (Wildman–Crippen LogP) is 1.02. The van der Waals surface area contributed by atoms with Crippen LogP contribution in [0.1, 0.15) is 41.4 Å². The van der Waals surface area contributed by atoms with E-state index < -0.39 is 6.10 Å². The molecular formula is C20H24ClNOS2. The van der Waals surface area contributed by atoms with E-state index in [2.05, 4.69) is 46.6 Å². The number of hydrogen-bond acceptors (Lipinski definition) is 3. The first-order valence-electron chi connectivity index (χ1n) is 8.37. The van der Waals surface area contributed by atoms with Crippen LogP contribution in [-0.2, 0) is 0 Å². The van der Waals surface area contributed by atoms with Gasteiger partial charge in [0.2, 0.25) is 0 Å². The van der Waals surface area contributed by atoms with Crippen LogP contribution in [0.25, 0.3) is 0 Å². The molecule has 3 N–H and O–H groups in total. The largest absolute Gasteiger partial charge is 1.00 e. The standard InChI is InChI=1S/C20H23NOS2.ClH/c1-15(20(22)16-6-3-2-4-7-16)21-11-9-18(17-10-13-23-14-17)19-8-5-12-24-19;/h2-8,10,12-15,18,20-22H,9,11H2,1H3;1H. The highest BCUT2D eigenvalue weighted by Gasteiger charge is 2.21. The van der Waals surface area contributed by atoms with E-state index in [1.165, 1.54) is 10.4 Å². The highest BCUT2D eigenvalue weighted by molar-refractivity contribution is 7.10. The Balaban J connectivity index is 0.00000225. The van der Waals surface area contributed by atoms with Crippen molar-refractivity contribution in [2.75, 3.05) is 6.54 Å². The second-order valence-corrected chi connectivity index (χ2v) is 7.91. The summed E-state index contributed by atoms with van der Waals surface area (Å²) in [5, 5.41) is 19.3. The van der Waals surface area contributed by atoms with Gasteiger partial charge in [-0.15, -0.1) is 11.3 Å². The lowest BCUT2D eigenvalue weighted by atomic mass is 9.96. The van der Waals surface area contributed by atoms with Crippen molar-refractivity contribution in [2.45, 2.75) is 31.4 Å². The summed E-state index contributed by atoms with van der Waals surface area (Å²) >= 11 is 3.59. The minimum atomic E-state index is -0.424. The smallest absolute Gasteiger partial charge is 0.130 e. The SMILES string of the molecule is CC([NH2+]CCC(c1ccsc1)c1cccs1)C(O)c1ccccc1.[Cl-]. The Morgan fingerprint density at radius 3 is 2.44 bits per heavy atom. The summed E-state index contributed by atoms with van der Waals surface area (Å²) in [5.41, 5.74) is 2.40. The highest BCUT2D eigenvalue weighted by Crippen LogP contribution is 2.31.